The summed E-state index contributed by atoms with van der Waals surface area (Å²) in [5, 5.41) is 1.33. The van der Waals surface area contributed by atoms with Crippen LogP contribution in [0.4, 0.5) is 0 Å². The highest BCUT2D eigenvalue weighted by Gasteiger charge is 2.13. The molecule has 1 aromatic heterocycles. The predicted octanol–water partition coefficient (Wildman–Crippen LogP) is 3.98. The number of aromatic nitrogens is 1. The molecule has 1 N–H and O–H groups in total. The van der Waals surface area contributed by atoms with E-state index in [1.807, 2.05) is 0 Å². The lowest BCUT2D eigenvalue weighted by molar-refractivity contribution is 0.389. The van der Waals surface area contributed by atoms with Crippen molar-refractivity contribution >= 4 is 17.0 Å². The highest BCUT2D eigenvalue weighted by Crippen LogP contribution is 2.29. The number of nitrogens with one attached hydrogen (secondary N) is 1. The summed E-state index contributed by atoms with van der Waals surface area (Å²) < 4.78 is 0. The number of aromatic amines is 1. The van der Waals surface area contributed by atoms with Crippen LogP contribution in [0.2, 0.25) is 0 Å². The Bertz CT molecular complexity index is 489. The molecule has 0 aliphatic heterocycles. The maximum atomic E-state index is 3.30. The quantitative estimate of drug-likeness (QED) is 0.749. The fourth-order valence-corrected chi connectivity index (χ4v) is 2.10. The van der Waals surface area contributed by atoms with Crippen molar-refractivity contribution in [3.63, 3.8) is 0 Å². The van der Waals surface area contributed by atoms with Gasteiger partial charge in [0.2, 0.25) is 0 Å². The third-order valence-electron chi connectivity index (χ3n) is 3.32. The molecule has 3 rings (SSSR count). The highest BCUT2D eigenvalue weighted by atomic mass is 14.7. The zero-order valence-electron chi connectivity index (χ0n) is 8.74. The largest absolute Gasteiger partial charge is 0.361 e. The molecule has 2 aromatic rings. The van der Waals surface area contributed by atoms with Gasteiger partial charge in [-0.25, -0.2) is 0 Å². The van der Waals surface area contributed by atoms with Crippen LogP contribution in [0.5, 0.6) is 0 Å². The van der Waals surface area contributed by atoms with Gasteiger partial charge in [0.25, 0.3) is 0 Å². The van der Waals surface area contributed by atoms with Crippen molar-refractivity contribution in [1.29, 1.82) is 0 Å². The van der Waals surface area contributed by atoms with Crippen LogP contribution in [0, 0.1) is 5.92 Å². The van der Waals surface area contributed by atoms with Gasteiger partial charge >= 0.3 is 0 Å². The number of hydrogen-bond donors (Lipinski definition) is 1. The van der Waals surface area contributed by atoms with Crippen molar-refractivity contribution in [2.45, 2.75) is 19.3 Å². The Morgan fingerprint density at radius 3 is 2.87 bits per heavy atom. The van der Waals surface area contributed by atoms with Gasteiger partial charge in [-0.1, -0.05) is 36.8 Å². The smallest absolute Gasteiger partial charge is 0.0460 e. The van der Waals surface area contributed by atoms with Crippen molar-refractivity contribution in [2.24, 2.45) is 5.92 Å². The molecule has 0 unspecified atom stereocenters. The number of benzene rings is 1. The second kappa shape index (κ2) is 3.58. The van der Waals surface area contributed by atoms with Gasteiger partial charge in [-0.3, -0.25) is 0 Å². The number of hydrogen-bond acceptors (Lipinski definition) is 0. The van der Waals surface area contributed by atoms with Gasteiger partial charge in [0.05, 0.1) is 0 Å². The molecule has 76 valence electrons. The van der Waals surface area contributed by atoms with Crippen LogP contribution < -0.4 is 0 Å². The zero-order chi connectivity index (χ0) is 10.1. The molecule has 1 nitrogen and oxygen atoms in total. The molecule has 0 saturated heterocycles. The first-order chi connectivity index (χ1) is 7.43. The predicted molar refractivity (Wildman–Crippen MR) is 64.7 cm³/mol. The SMILES string of the molecule is C(=CC1CCC1)c1c[nH]c2ccccc12. The van der Waals surface area contributed by atoms with E-state index < -0.39 is 0 Å². The number of allylic oxidation sites excluding steroid dienone is 1. The highest BCUT2D eigenvalue weighted by molar-refractivity contribution is 5.88. The molecule has 0 radical (unpaired) electrons. The lowest BCUT2D eigenvalue weighted by Crippen LogP contribution is -2.06. The Hall–Kier alpha value is -1.50. The van der Waals surface area contributed by atoms with Gasteiger partial charge in [-0.2, -0.15) is 0 Å². The van der Waals surface area contributed by atoms with Crippen LogP contribution in [0.1, 0.15) is 24.8 Å². The first-order valence-electron chi connectivity index (χ1n) is 5.68. The zero-order valence-corrected chi connectivity index (χ0v) is 8.74. The number of fused-ring (bicyclic) bond motifs is 1. The molecule has 1 aliphatic rings. The molecule has 0 spiro atoms. The van der Waals surface area contributed by atoms with E-state index in [0.29, 0.717) is 0 Å². The van der Waals surface area contributed by atoms with Crippen LogP contribution in [0.25, 0.3) is 17.0 Å². The summed E-state index contributed by atoms with van der Waals surface area (Å²) in [6.45, 7) is 0. The second-order valence-corrected chi connectivity index (χ2v) is 4.34. The number of para-hydroxylation sites is 1. The van der Waals surface area contributed by atoms with Crippen LogP contribution in [0.3, 0.4) is 0 Å². The summed E-state index contributed by atoms with van der Waals surface area (Å²) in [6, 6.07) is 8.46. The standard InChI is InChI=1S/C14H15N/c1-2-7-14-13(6-1)12(10-15-14)9-8-11-4-3-5-11/h1-2,6-11,15H,3-5H2. The minimum atomic E-state index is 0.832. The minimum absolute atomic E-state index is 0.832. The summed E-state index contributed by atoms with van der Waals surface area (Å²) in [4.78, 5) is 3.30. The maximum absolute atomic E-state index is 3.30. The lowest BCUT2D eigenvalue weighted by Gasteiger charge is -2.21. The van der Waals surface area contributed by atoms with Gasteiger partial charge in [-0.05, 0) is 30.4 Å². The Balaban J connectivity index is 1.93. The van der Waals surface area contributed by atoms with E-state index in [1.165, 1.54) is 35.7 Å². The first-order valence-corrected chi connectivity index (χ1v) is 5.68. The number of rotatable bonds is 2. The van der Waals surface area contributed by atoms with Gasteiger partial charge in [0, 0.05) is 17.1 Å². The third-order valence-corrected chi connectivity index (χ3v) is 3.32. The molecule has 1 aliphatic carbocycles. The molecule has 1 heterocycles. The Kier molecular flexibility index (Phi) is 2.09. The molecular weight excluding hydrogens is 182 g/mol. The van der Waals surface area contributed by atoms with Crippen molar-refractivity contribution in [2.75, 3.05) is 0 Å². The normalized spacial score (nSPS) is 17.3. The topological polar surface area (TPSA) is 15.8 Å². The van der Waals surface area contributed by atoms with Gasteiger partial charge in [0.1, 0.15) is 0 Å². The van der Waals surface area contributed by atoms with Crippen molar-refractivity contribution < 1.29 is 0 Å². The molecule has 1 aromatic carbocycles. The molecule has 0 atom stereocenters. The first kappa shape index (κ1) is 8.78. The average Bonchev–Trinajstić information content (AvgIpc) is 2.60. The molecule has 15 heavy (non-hydrogen) atoms. The van der Waals surface area contributed by atoms with E-state index >= 15 is 0 Å². The summed E-state index contributed by atoms with van der Waals surface area (Å²) >= 11 is 0. The number of H-pyrrole nitrogens is 1. The summed E-state index contributed by atoms with van der Waals surface area (Å²) in [5.74, 6) is 0.832. The van der Waals surface area contributed by atoms with Crippen LogP contribution in [0.15, 0.2) is 36.5 Å². The molecule has 0 bridgehead atoms. The molecule has 1 saturated carbocycles. The Labute approximate surface area is 89.8 Å². The fraction of sp³-hybridized carbons (Fsp3) is 0.286. The van der Waals surface area contributed by atoms with Gasteiger partial charge in [-0.15, -0.1) is 0 Å². The Morgan fingerprint density at radius 2 is 2.07 bits per heavy atom. The fourth-order valence-electron chi connectivity index (χ4n) is 2.10. The summed E-state index contributed by atoms with van der Waals surface area (Å²) in [6.07, 6.45) is 10.9. The van der Waals surface area contributed by atoms with E-state index in [9.17, 15) is 0 Å². The van der Waals surface area contributed by atoms with Crippen molar-refractivity contribution in [1.82, 2.24) is 4.98 Å². The summed E-state index contributed by atoms with van der Waals surface area (Å²) in [7, 11) is 0. The molecule has 1 heteroatoms. The maximum Gasteiger partial charge on any atom is 0.0460 e. The van der Waals surface area contributed by atoms with Gasteiger partial charge in [0.15, 0.2) is 0 Å². The van der Waals surface area contributed by atoms with Crippen LogP contribution >= 0.6 is 0 Å². The van der Waals surface area contributed by atoms with Crippen LogP contribution in [-0.2, 0) is 0 Å². The monoisotopic (exact) mass is 197 g/mol. The van der Waals surface area contributed by atoms with Crippen molar-refractivity contribution in [3.05, 3.63) is 42.1 Å². The van der Waals surface area contributed by atoms with E-state index in [0.717, 1.165) is 5.92 Å². The van der Waals surface area contributed by atoms with E-state index in [2.05, 4.69) is 47.6 Å². The summed E-state index contributed by atoms with van der Waals surface area (Å²) in [5.41, 5.74) is 2.54. The van der Waals surface area contributed by atoms with Crippen molar-refractivity contribution in [3.8, 4) is 0 Å². The average molecular weight is 197 g/mol. The molecule has 1 fully saturated rings. The lowest BCUT2D eigenvalue weighted by atomic mass is 9.85. The second-order valence-electron chi connectivity index (χ2n) is 4.34. The van der Waals surface area contributed by atoms with E-state index in [1.54, 1.807) is 0 Å². The molecule has 0 amide bonds. The van der Waals surface area contributed by atoms with E-state index in [4.69, 9.17) is 0 Å². The third kappa shape index (κ3) is 1.58. The minimum Gasteiger partial charge on any atom is -0.361 e. The van der Waals surface area contributed by atoms with E-state index in [-0.39, 0.29) is 0 Å². The van der Waals surface area contributed by atoms with Gasteiger partial charge < -0.3 is 4.98 Å². The Morgan fingerprint density at radius 1 is 1.20 bits per heavy atom. The van der Waals surface area contributed by atoms with Crippen LogP contribution in [-0.4, -0.2) is 4.98 Å². The molecular formula is C14H15N.